The van der Waals surface area contributed by atoms with Crippen molar-refractivity contribution in [2.24, 2.45) is 4.99 Å². The van der Waals surface area contributed by atoms with Crippen molar-refractivity contribution in [3.8, 4) is 0 Å². The summed E-state index contributed by atoms with van der Waals surface area (Å²) < 4.78 is 0. The molecule has 0 saturated heterocycles. The molecule has 0 atom stereocenters. The summed E-state index contributed by atoms with van der Waals surface area (Å²) in [6.07, 6.45) is 1.89. The van der Waals surface area contributed by atoms with Crippen molar-refractivity contribution in [3.63, 3.8) is 0 Å². The number of benzene rings is 3. The van der Waals surface area contributed by atoms with E-state index in [2.05, 4.69) is 105 Å². The lowest BCUT2D eigenvalue weighted by atomic mass is 9.86. The van der Waals surface area contributed by atoms with E-state index in [1.54, 1.807) is 0 Å². The van der Waals surface area contributed by atoms with E-state index in [-0.39, 0.29) is 5.41 Å². The highest BCUT2D eigenvalue weighted by Gasteiger charge is 2.17. The Balaban J connectivity index is 1.54. The second kappa shape index (κ2) is 10.9. The predicted octanol–water partition coefficient (Wildman–Crippen LogP) is 8.25. The van der Waals surface area contributed by atoms with Crippen LogP contribution in [0, 0.1) is 6.92 Å². The molecule has 0 saturated carbocycles. The van der Waals surface area contributed by atoms with E-state index in [9.17, 15) is 0 Å². The molecule has 1 aliphatic heterocycles. The molecule has 194 valence electrons. The maximum Gasteiger partial charge on any atom is 0.154 e. The van der Waals surface area contributed by atoms with Crippen LogP contribution in [0.5, 0.6) is 0 Å². The minimum atomic E-state index is 0.115. The molecule has 1 heterocycles. The van der Waals surface area contributed by atoms with Gasteiger partial charge in [-0.3, -0.25) is 0 Å². The first-order valence-electron chi connectivity index (χ1n) is 12.7. The van der Waals surface area contributed by atoms with E-state index in [0.29, 0.717) is 11.5 Å². The van der Waals surface area contributed by atoms with Crippen LogP contribution in [-0.2, 0) is 5.41 Å². The Kier molecular flexibility index (Phi) is 7.58. The molecule has 3 aromatic rings. The molecule has 0 spiro atoms. The van der Waals surface area contributed by atoms with Gasteiger partial charge in [-0.1, -0.05) is 83.0 Å². The Morgan fingerprint density at radius 1 is 0.895 bits per heavy atom. The molecular formula is C33H37N5. The average molecular weight is 504 g/mol. The van der Waals surface area contributed by atoms with E-state index in [1.165, 1.54) is 5.56 Å². The van der Waals surface area contributed by atoms with Gasteiger partial charge in [-0.25, -0.2) is 4.99 Å². The molecule has 0 aliphatic carbocycles. The largest absolute Gasteiger partial charge is 0.360 e. The second-order valence-electron chi connectivity index (χ2n) is 10.6. The van der Waals surface area contributed by atoms with Crippen molar-refractivity contribution in [1.82, 2.24) is 5.32 Å². The van der Waals surface area contributed by atoms with Gasteiger partial charge in [-0.05, 0) is 60.2 Å². The van der Waals surface area contributed by atoms with Crippen molar-refractivity contribution < 1.29 is 0 Å². The highest BCUT2D eigenvalue weighted by atomic mass is 15.1. The van der Waals surface area contributed by atoms with Crippen molar-refractivity contribution in [3.05, 3.63) is 126 Å². The van der Waals surface area contributed by atoms with Gasteiger partial charge >= 0.3 is 0 Å². The number of anilines is 3. The standard InChI is InChI=1S/C33H37N5/c1-21(2)35-27-11-9-12-28(19-27)37-32-24(5)34-20-31(38-32)29-13-10-14-30(22(29)3)36-23(4)25-15-17-26(18-16-25)33(6,7)8/h9-20,34-36H,1,4-5H2,2-3,6-8H3,(H,37,38). The molecule has 4 N–H and O–H groups in total. The molecule has 0 fully saturated rings. The number of aliphatic imine (C=N–C) groups is 1. The lowest BCUT2D eigenvalue weighted by Crippen LogP contribution is -2.25. The molecule has 0 amide bonds. The Morgan fingerprint density at radius 3 is 2.26 bits per heavy atom. The van der Waals surface area contributed by atoms with Crippen molar-refractivity contribution in [1.29, 1.82) is 0 Å². The van der Waals surface area contributed by atoms with Crippen LogP contribution in [0.3, 0.4) is 0 Å². The fourth-order valence-electron chi connectivity index (χ4n) is 4.20. The molecule has 0 aromatic heterocycles. The molecule has 1 aliphatic rings. The highest BCUT2D eigenvalue weighted by Crippen LogP contribution is 2.30. The van der Waals surface area contributed by atoms with Crippen LogP contribution >= 0.6 is 0 Å². The van der Waals surface area contributed by atoms with Crippen molar-refractivity contribution >= 4 is 34.3 Å². The third kappa shape index (κ3) is 6.24. The van der Waals surface area contributed by atoms with Gasteiger partial charge < -0.3 is 21.3 Å². The SMILES string of the molecule is C=C(C)Nc1cccc(NC2=NC(c3cccc(NC(=C)c4ccc(C(C)(C)C)cc4)c3C)=CNC2=C)c1. The predicted molar refractivity (Wildman–Crippen MR) is 165 cm³/mol. The van der Waals surface area contributed by atoms with Crippen LogP contribution in [0.15, 0.2) is 109 Å². The zero-order valence-electron chi connectivity index (χ0n) is 23.0. The minimum Gasteiger partial charge on any atom is -0.360 e. The van der Waals surface area contributed by atoms with Crippen LogP contribution in [0.2, 0.25) is 0 Å². The molecule has 0 bridgehead atoms. The summed E-state index contributed by atoms with van der Waals surface area (Å²) in [5.74, 6) is 0.663. The lowest BCUT2D eigenvalue weighted by molar-refractivity contribution is 0.590. The molecular weight excluding hydrogens is 466 g/mol. The topological polar surface area (TPSA) is 60.5 Å². The van der Waals surface area contributed by atoms with Crippen LogP contribution in [0.1, 0.15) is 49.9 Å². The number of amidine groups is 1. The molecule has 5 heteroatoms. The van der Waals surface area contributed by atoms with Gasteiger partial charge in [0.2, 0.25) is 0 Å². The van der Waals surface area contributed by atoms with Gasteiger partial charge in [-0.2, -0.15) is 0 Å². The lowest BCUT2D eigenvalue weighted by Gasteiger charge is -2.21. The van der Waals surface area contributed by atoms with Gasteiger partial charge in [0.15, 0.2) is 5.84 Å². The zero-order valence-corrected chi connectivity index (χ0v) is 23.0. The van der Waals surface area contributed by atoms with E-state index < -0.39 is 0 Å². The monoisotopic (exact) mass is 503 g/mol. The number of nitrogens with zero attached hydrogens (tertiary/aromatic N) is 1. The maximum absolute atomic E-state index is 4.91. The number of hydrogen-bond acceptors (Lipinski definition) is 5. The minimum absolute atomic E-state index is 0.115. The van der Waals surface area contributed by atoms with Gasteiger partial charge in [-0.15, -0.1) is 0 Å². The summed E-state index contributed by atoms with van der Waals surface area (Å²) in [6.45, 7) is 23.0. The van der Waals surface area contributed by atoms with E-state index >= 15 is 0 Å². The van der Waals surface area contributed by atoms with Gasteiger partial charge in [0.05, 0.1) is 11.4 Å². The van der Waals surface area contributed by atoms with Gasteiger partial charge in [0, 0.05) is 40.2 Å². The first-order valence-corrected chi connectivity index (χ1v) is 12.7. The van der Waals surface area contributed by atoms with E-state index in [0.717, 1.165) is 50.8 Å². The summed E-state index contributed by atoms with van der Waals surface area (Å²) in [5, 5.41) is 13.4. The summed E-state index contributed by atoms with van der Waals surface area (Å²) >= 11 is 0. The number of allylic oxidation sites excluding steroid dienone is 1. The first-order chi connectivity index (χ1) is 18.0. The normalized spacial score (nSPS) is 13.1. The summed E-state index contributed by atoms with van der Waals surface area (Å²) in [7, 11) is 0. The van der Waals surface area contributed by atoms with Crippen molar-refractivity contribution in [2.45, 2.75) is 40.0 Å². The quantitative estimate of drug-likeness (QED) is 0.262. The van der Waals surface area contributed by atoms with Crippen LogP contribution in [-0.4, -0.2) is 5.84 Å². The first kappa shape index (κ1) is 26.6. The Hall–Kier alpha value is -4.51. The summed E-state index contributed by atoms with van der Waals surface area (Å²) in [5.41, 5.74) is 10.7. The van der Waals surface area contributed by atoms with Gasteiger partial charge in [0.1, 0.15) is 0 Å². The fourth-order valence-corrected chi connectivity index (χ4v) is 4.20. The molecule has 0 radical (unpaired) electrons. The van der Waals surface area contributed by atoms with E-state index in [4.69, 9.17) is 4.99 Å². The molecule has 3 aromatic carbocycles. The van der Waals surface area contributed by atoms with Gasteiger partial charge in [0.25, 0.3) is 0 Å². The van der Waals surface area contributed by atoms with Crippen molar-refractivity contribution in [2.75, 3.05) is 16.0 Å². The zero-order chi connectivity index (χ0) is 27.4. The third-order valence-electron chi connectivity index (χ3n) is 6.38. The summed E-state index contributed by atoms with van der Waals surface area (Å²) in [4.78, 5) is 4.91. The maximum atomic E-state index is 4.91. The second-order valence-corrected chi connectivity index (χ2v) is 10.6. The van der Waals surface area contributed by atoms with Crippen LogP contribution in [0.25, 0.3) is 11.4 Å². The molecule has 4 rings (SSSR count). The molecule has 0 unspecified atom stereocenters. The number of hydrogen-bond donors (Lipinski definition) is 4. The average Bonchev–Trinajstić information content (AvgIpc) is 2.86. The van der Waals surface area contributed by atoms with Crippen LogP contribution < -0.4 is 21.3 Å². The fraction of sp³-hybridized carbons (Fsp3) is 0.182. The van der Waals surface area contributed by atoms with E-state index in [1.807, 2.05) is 43.5 Å². The smallest absolute Gasteiger partial charge is 0.154 e. The molecule has 38 heavy (non-hydrogen) atoms. The highest BCUT2D eigenvalue weighted by molar-refractivity contribution is 6.11. The Labute approximate surface area is 226 Å². The third-order valence-corrected chi connectivity index (χ3v) is 6.38. The Bertz CT molecular complexity index is 1450. The number of nitrogens with one attached hydrogen (secondary N) is 4. The van der Waals surface area contributed by atoms with Crippen LogP contribution in [0.4, 0.5) is 17.1 Å². The summed E-state index contributed by atoms with van der Waals surface area (Å²) in [6, 6.07) is 22.7. The Morgan fingerprint density at radius 2 is 1.58 bits per heavy atom. The number of rotatable bonds is 7. The molecule has 5 nitrogen and oxygen atoms in total.